The van der Waals surface area contributed by atoms with Crippen LogP contribution < -0.4 is 9.46 Å². The Morgan fingerprint density at radius 2 is 1.90 bits per heavy atom. The van der Waals surface area contributed by atoms with E-state index in [1.54, 1.807) is 0 Å². The molecule has 112 valence electrons. The predicted octanol–water partition coefficient (Wildman–Crippen LogP) is 3.36. The molecule has 21 heavy (non-hydrogen) atoms. The summed E-state index contributed by atoms with van der Waals surface area (Å²) in [6.45, 7) is 0. The van der Waals surface area contributed by atoms with E-state index in [-0.39, 0.29) is 26.6 Å². The number of nitrogens with zero attached hydrogens (tertiary/aromatic N) is 2. The normalized spacial score (nSPS) is 11.2. The van der Waals surface area contributed by atoms with Crippen LogP contribution in [0.15, 0.2) is 33.9 Å². The molecule has 1 aromatic heterocycles. The first kappa shape index (κ1) is 16.3. The number of aromatic nitrogens is 2. The highest BCUT2D eigenvalue weighted by Crippen LogP contribution is 2.36. The summed E-state index contributed by atoms with van der Waals surface area (Å²) < 4.78 is 32.6. The Bertz CT molecular complexity index is 786. The average Bonchev–Trinajstić information content (AvgIpc) is 2.40. The maximum atomic E-state index is 12.4. The van der Waals surface area contributed by atoms with Crippen LogP contribution in [0.4, 0.5) is 5.82 Å². The molecule has 0 spiro atoms. The highest BCUT2D eigenvalue weighted by atomic mass is 79.9. The number of ether oxygens (including phenoxy) is 1. The predicted molar refractivity (Wildman–Crippen MR) is 83.6 cm³/mol. The lowest BCUT2D eigenvalue weighted by Crippen LogP contribution is -2.15. The van der Waals surface area contributed by atoms with Crippen molar-refractivity contribution in [2.24, 2.45) is 0 Å². The van der Waals surface area contributed by atoms with Crippen LogP contribution in [0.2, 0.25) is 10.2 Å². The van der Waals surface area contributed by atoms with Gasteiger partial charge in [-0.15, -0.1) is 0 Å². The molecule has 1 aromatic carbocycles. The first-order valence-electron chi connectivity index (χ1n) is 5.37. The van der Waals surface area contributed by atoms with Crippen LogP contribution in [0.5, 0.6) is 5.75 Å². The summed E-state index contributed by atoms with van der Waals surface area (Å²) in [7, 11) is -2.65. The Morgan fingerprint density at radius 1 is 1.24 bits per heavy atom. The maximum absolute atomic E-state index is 12.4. The molecular formula is C11H8BrCl2N3O3S. The second kappa shape index (κ2) is 6.35. The fourth-order valence-electron chi connectivity index (χ4n) is 1.51. The smallest absolute Gasteiger partial charge is 0.266 e. The summed E-state index contributed by atoms with van der Waals surface area (Å²) in [5.41, 5.74) is 0. The van der Waals surface area contributed by atoms with Crippen LogP contribution in [-0.2, 0) is 10.0 Å². The van der Waals surface area contributed by atoms with Crippen molar-refractivity contribution in [1.29, 1.82) is 0 Å². The van der Waals surface area contributed by atoms with E-state index < -0.39 is 10.0 Å². The molecule has 0 amide bonds. The Hall–Kier alpha value is -1.09. The van der Waals surface area contributed by atoms with Crippen molar-refractivity contribution < 1.29 is 13.2 Å². The van der Waals surface area contributed by atoms with E-state index in [0.29, 0.717) is 4.47 Å². The Balaban J connectivity index is 2.52. The van der Waals surface area contributed by atoms with Crippen LogP contribution in [0.3, 0.4) is 0 Å². The number of hydrogen-bond acceptors (Lipinski definition) is 5. The van der Waals surface area contributed by atoms with E-state index in [9.17, 15) is 8.42 Å². The summed E-state index contributed by atoms with van der Waals surface area (Å²) >= 11 is 14.9. The van der Waals surface area contributed by atoms with Crippen molar-refractivity contribution >= 4 is 55.0 Å². The van der Waals surface area contributed by atoms with Gasteiger partial charge in [-0.2, -0.15) is 0 Å². The number of methoxy groups -OCH3 is 1. The second-order valence-electron chi connectivity index (χ2n) is 3.72. The van der Waals surface area contributed by atoms with Gasteiger partial charge >= 0.3 is 0 Å². The van der Waals surface area contributed by atoms with Gasteiger partial charge in [0, 0.05) is 17.4 Å². The molecule has 1 N–H and O–H groups in total. The van der Waals surface area contributed by atoms with Crippen molar-refractivity contribution in [3.8, 4) is 5.75 Å². The SMILES string of the molecule is COc1c(Br)cc(Cl)cc1S(=O)(=O)Nc1nccnc1Cl. The number of sulfonamides is 1. The van der Waals surface area contributed by atoms with Gasteiger partial charge in [0.25, 0.3) is 10.0 Å². The third kappa shape index (κ3) is 3.57. The van der Waals surface area contributed by atoms with Crippen LogP contribution in [0.1, 0.15) is 0 Å². The summed E-state index contributed by atoms with van der Waals surface area (Å²) in [4.78, 5) is 7.42. The molecule has 2 aromatic rings. The fourth-order valence-corrected chi connectivity index (χ4v) is 4.12. The fraction of sp³-hybridized carbons (Fsp3) is 0.0909. The number of benzene rings is 1. The molecule has 0 saturated carbocycles. The van der Waals surface area contributed by atoms with Gasteiger partial charge in [-0.25, -0.2) is 18.4 Å². The molecule has 0 fully saturated rings. The molecule has 0 atom stereocenters. The molecule has 10 heteroatoms. The van der Waals surface area contributed by atoms with Crippen molar-refractivity contribution in [2.45, 2.75) is 4.90 Å². The number of halogens is 3. The zero-order chi connectivity index (χ0) is 15.6. The topological polar surface area (TPSA) is 81.2 Å². The van der Waals surface area contributed by atoms with E-state index in [4.69, 9.17) is 27.9 Å². The van der Waals surface area contributed by atoms with Gasteiger partial charge in [0.15, 0.2) is 16.7 Å². The van der Waals surface area contributed by atoms with E-state index >= 15 is 0 Å². The molecule has 2 rings (SSSR count). The lowest BCUT2D eigenvalue weighted by molar-refractivity contribution is 0.400. The number of rotatable bonds is 4. The molecule has 0 bridgehead atoms. The van der Waals surface area contributed by atoms with Crippen molar-refractivity contribution in [3.63, 3.8) is 0 Å². The van der Waals surface area contributed by atoms with Crippen molar-refractivity contribution in [1.82, 2.24) is 9.97 Å². The molecule has 0 aliphatic heterocycles. The molecular weight excluding hydrogens is 405 g/mol. The largest absolute Gasteiger partial charge is 0.494 e. The maximum Gasteiger partial charge on any atom is 0.266 e. The van der Waals surface area contributed by atoms with Gasteiger partial charge in [-0.3, -0.25) is 4.72 Å². The number of hydrogen-bond donors (Lipinski definition) is 1. The summed E-state index contributed by atoms with van der Waals surface area (Å²) in [6, 6.07) is 2.78. The molecule has 0 aliphatic carbocycles. The first-order chi connectivity index (χ1) is 9.85. The number of anilines is 1. The minimum Gasteiger partial charge on any atom is -0.494 e. The molecule has 0 aliphatic rings. The quantitative estimate of drug-likeness (QED) is 0.832. The average molecular weight is 413 g/mol. The lowest BCUT2D eigenvalue weighted by Gasteiger charge is -2.13. The van der Waals surface area contributed by atoms with Gasteiger partial charge in [0.05, 0.1) is 11.6 Å². The van der Waals surface area contributed by atoms with Crippen molar-refractivity contribution in [2.75, 3.05) is 11.8 Å². The van der Waals surface area contributed by atoms with Gasteiger partial charge in [0.1, 0.15) is 4.90 Å². The molecule has 0 radical (unpaired) electrons. The van der Waals surface area contributed by atoms with E-state index in [1.165, 1.54) is 31.6 Å². The molecule has 0 saturated heterocycles. The van der Waals surface area contributed by atoms with Crippen LogP contribution in [-0.4, -0.2) is 25.5 Å². The summed E-state index contributed by atoms with van der Waals surface area (Å²) in [5, 5.41) is 0.162. The van der Waals surface area contributed by atoms with Gasteiger partial charge in [-0.1, -0.05) is 23.2 Å². The van der Waals surface area contributed by atoms with Crippen LogP contribution >= 0.6 is 39.1 Å². The summed E-state index contributed by atoms with van der Waals surface area (Å²) in [6.07, 6.45) is 2.66. The Morgan fingerprint density at radius 3 is 2.52 bits per heavy atom. The van der Waals surface area contributed by atoms with E-state index in [2.05, 4.69) is 30.6 Å². The minimum atomic E-state index is -4.00. The summed E-state index contributed by atoms with van der Waals surface area (Å²) in [5.74, 6) is 0.0317. The molecule has 1 heterocycles. The van der Waals surface area contributed by atoms with E-state index in [1.807, 2.05) is 0 Å². The monoisotopic (exact) mass is 411 g/mol. The van der Waals surface area contributed by atoms with Gasteiger partial charge in [0.2, 0.25) is 0 Å². The van der Waals surface area contributed by atoms with Gasteiger partial charge in [-0.05, 0) is 28.1 Å². The van der Waals surface area contributed by atoms with Crippen LogP contribution in [0, 0.1) is 0 Å². The zero-order valence-electron chi connectivity index (χ0n) is 10.5. The third-order valence-corrected chi connectivity index (χ3v) is 4.78. The minimum absolute atomic E-state index is 0.0684. The van der Waals surface area contributed by atoms with Crippen molar-refractivity contribution in [3.05, 3.63) is 39.2 Å². The van der Waals surface area contributed by atoms with Gasteiger partial charge < -0.3 is 4.74 Å². The zero-order valence-corrected chi connectivity index (χ0v) is 14.4. The van der Waals surface area contributed by atoms with E-state index in [0.717, 1.165) is 0 Å². The highest BCUT2D eigenvalue weighted by Gasteiger charge is 2.24. The molecule has 6 nitrogen and oxygen atoms in total. The van der Waals surface area contributed by atoms with Crippen LogP contribution in [0.25, 0.3) is 0 Å². The standard InChI is InChI=1S/C11H8BrCl2N3O3S/c1-20-9-7(12)4-6(13)5-8(9)21(18,19)17-11-10(14)15-2-3-16-11/h2-5H,1H3,(H,16,17). The lowest BCUT2D eigenvalue weighted by atomic mass is 10.3. The third-order valence-electron chi connectivity index (χ3n) is 2.35. The Labute approximate surface area is 139 Å². The Kier molecular flexibility index (Phi) is 4.92. The molecule has 0 unspecified atom stereocenters. The highest BCUT2D eigenvalue weighted by molar-refractivity contribution is 9.10. The second-order valence-corrected chi connectivity index (χ2v) is 7.02. The number of nitrogens with one attached hydrogen (secondary N) is 1. The first-order valence-corrected chi connectivity index (χ1v) is 8.40.